The van der Waals surface area contributed by atoms with E-state index >= 15 is 0 Å². The van der Waals surface area contributed by atoms with Gasteiger partial charge >= 0.3 is 5.97 Å². The van der Waals surface area contributed by atoms with Gasteiger partial charge in [-0.25, -0.2) is 13.6 Å². The Balaban J connectivity index is 1.96. The van der Waals surface area contributed by atoms with Crippen molar-refractivity contribution in [3.05, 3.63) is 59.2 Å². The molecule has 27 heavy (non-hydrogen) atoms. The largest absolute Gasteiger partial charge is 0.497 e. The third-order valence-corrected chi connectivity index (χ3v) is 3.73. The molecule has 0 fully saturated rings. The molecule has 0 bridgehead atoms. The molecule has 6 nitrogen and oxygen atoms in total. The molecule has 0 aliphatic rings. The number of nitrogens with one attached hydrogen (secondary N) is 1. The predicted octanol–water partition coefficient (Wildman–Crippen LogP) is 3.02. The van der Waals surface area contributed by atoms with Crippen LogP contribution in [0.1, 0.15) is 28.9 Å². The maximum Gasteiger partial charge on any atom is 0.338 e. The topological polar surface area (TPSA) is 73.9 Å². The summed E-state index contributed by atoms with van der Waals surface area (Å²) in [6.45, 7) is 0.967. The molecule has 1 atom stereocenters. The average Bonchev–Trinajstić information content (AvgIpc) is 2.65. The minimum atomic E-state index is -0.775. The van der Waals surface area contributed by atoms with Crippen molar-refractivity contribution in [3.8, 4) is 11.5 Å². The van der Waals surface area contributed by atoms with Crippen LogP contribution in [-0.2, 0) is 9.53 Å². The van der Waals surface area contributed by atoms with Crippen LogP contribution >= 0.6 is 0 Å². The van der Waals surface area contributed by atoms with Crippen molar-refractivity contribution in [1.82, 2.24) is 5.32 Å². The van der Waals surface area contributed by atoms with E-state index in [2.05, 4.69) is 5.32 Å². The third kappa shape index (κ3) is 5.40. The van der Waals surface area contributed by atoms with Gasteiger partial charge in [-0.05, 0) is 25.1 Å². The smallest absolute Gasteiger partial charge is 0.338 e. The lowest BCUT2D eigenvalue weighted by Gasteiger charge is -2.15. The summed E-state index contributed by atoms with van der Waals surface area (Å²) in [4.78, 5) is 24.1. The Morgan fingerprint density at radius 3 is 2.22 bits per heavy atom. The van der Waals surface area contributed by atoms with E-state index in [0.717, 1.165) is 12.1 Å². The first-order valence-corrected chi connectivity index (χ1v) is 7.98. The molecule has 2 rings (SSSR count). The number of benzene rings is 2. The lowest BCUT2D eigenvalue weighted by Crippen LogP contribution is -2.31. The molecule has 2 aromatic rings. The number of methoxy groups -OCH3 is 2. The molecule has 144 valence electrons. The van der Waals surface area contributed by atoms with E-state index in [1.807, 2.05) is 0 Å². The van der Waals surface area contributed by atoms with Gasteiger partial charge in [0.15, 0.2) is 6.61 Å². The number of rotatable bonds is 7. The second-order valence-electron chi connectivity index (χ2n) is 5.63. The number of ether oxygens (including phenoxy) is 3. The second-order valence-corrected chi connectivity index (χ2v) is 5.63. The normalized spacial score (nSPS) is 11.4. The summed E-state index contributed by atoms with van der Waals surface area (Å²) in [7, 11) is 2.88. The highest BCUT2D eigenvalue weighted by Crippen LogP contribution is 2.23. The Morgan fingerprint density at radius 1 is 1.04 bits per heavy atom. The van der Waals surface area contributed by atoms with Crippen LogP contribution in [0.4, 0.5) is 8.78 Å². The van der Waals surface area contributed by atoms with Gasteiger partial charge < -0.3 is 19.5 Å². The fourth-order valence-corrected chi connectivity index (χ4v) is 2.35. The quantitative estimate of drug-likeness (QED) is 0.749. The van der Waals surface area contributed by atoms with Crippen LogP contribution in [0.2, 0.25) is 0 Å². The summed E-state index contributed by atoms with van der Waals surface area (Å²) in [6.07, 6.45) is 0. The van der Waals surface area contributed by atoms with E-state index in [9.17, 15) is 18.4 Å². The van der Waals surface area contributed by atoms with Crippen molar-refractivity contribution in [2.75, 3.05) is 20.8 Å². The van der Waals surface area contributed by atoms with Gasteiger partial charge in [0, 0.05) is 17.7 Å². The van der Waals surface area contributed by atoms with E-state index in [4.69, 9.17) is 14.2 Å². The maximum absolute atomic E-state index is 13.7. The highest BCUT2D eigenvalue weighted by atomic mass is 19.1. The van der Waals surface area contributed by atoms with Gasteiger partial charge in [-0.3, -0.25) is 4.79 Å². The molecule has 1 amide bonds. The first-order chi connectivity index (χ1) is 12.8. The molecule has 0 saturated carbocycles. The second kappa shape index (κ2) is 8.98. The Morgan fingerprint density at radius 2 is 1.67 bits per heavy atom. The highest BCUT2D eigenvalue weighted by Gasteiger charge is 2.17. The van der Waals surface area contributed by atoms with Gasteiger partial charge in [0.25, 0.3) is 5.91 Å². The molecular formula is C19H19F2NO5. The van der Waals surface area contributed by atoms with E-state index in [-0.39, 0.29) is 11.1 Å². The Labute approximate surface area is 155 Å². The van der Waals surface area contributed by atoms with Crippen molar-refractivity contribution in [1.29, 1.82) is 0 Å². The summed E-state index contributed by atoms with van der Waals surface area (Å²) >= 11 is 0. The average molecular weight is 379 g/mol. The zero-order chi connectivity index (χ0) is 20.0. The molecular weight excluding hydrogens is 360 g/mol. The van der Waals surface area contributed by atoms with Gasteiger partial charge in [0.2, 0.25) is 0 Å². The molecule has 1 N–H and O–H groups in total. The Hall–Kier alpha value is -3.16. The highest BCUT2D eigenvalue weighted by molar-refractivity contribution is 5.92. The van der Waals surface area contributed by atoms with Crippen LogP contribution in [-0.4, -0.2) is 32.7 Å². The monoisotopic (exact) mass is 379 g/mol. The molecule has 0 aliphatic carbocycles. The van der Waals surface area contributed by atoms with Crippen molar-refractivity contribution in [2.24, 2.45) is 0 Å². The first kappa shape index (κ1) is 20.2. The summed E-state index contributed by atoms with van der Waals surface area (Å²) in [5, 5.41) is 2.48. The van der Waals surface area contributed by atoms with Gasteiger partial charge in [-0.1, -0.05) is 6.07 Å². The van der Waals surface area contributed by atoms with Crippen LogP contribution in [0.5, 0.6) is 11.5 Å². The SMILES string of the molecule is COc1cc(OC)cc(C(=O)OCC(=O)N[C@@H](C)c2ccc(F)cc2F)c1. The number of hydrogen-bond donors (Lipinski definition) is 1. The minimum Gasteiger partial charge on any atom is -0.497 e. The van der Waals surface area contributed by atoms with Crippen LogP contribution in [0.3, 0.4) is 0 Å². The van der Waals surface area contributed by atoms with Gasteiger partial charge in [-0.2, -0.15) is 0 Å². The molecule has 0 saturated heterocycles. The minimum absolute atomic E-state index is 0.119. The zero-order valence-electron chi connectivity index (χ0n) is 15.0. The number of carbonyl (C=O) groups is 2. The molecule has 8 heteroatoms. The lowest BCUT2D eigenvalue weighted by atomic mass is 10.1. The number of halogens is 2. The molecule has 0 spiro atoms. The number of amides is 1. The summed E-state index contributed by atoms with van der Waals surface area (Å²) < 4.78 is 41.8. The number of carbonyl (C=O) groups excluding carboxylic acids is 2. The van der Waals surface area contributed by atoms with Crippen LogP contribution in [0, 0.1) is 11.6 Å². The van der Waals surface area contributed by atoms with Gasteiger partial charge in [0.05, 0.1) is 25.8 Å². The van der Waals surface area contributed by atoms with Crippen molar-refractivity contribution >= 4 is 11.9 Å². The van der Waals surface area contributed by atoms with E-state index in [1.54, 1.807) is 6.07 Å². The van der Waals surface area contributed by atoms with Crippen molar-refractivity contribution in [3.63, 3.8) is 0 Å². The molecule has 0 radical (unpaired) electrons. The molecule has 0 unspecified atom stereocenters. The zero-order valence-corrected chi connectivity index (χ0v) is 15.0. The first-order valence-electron chi connectivity index (χ1n) is 7.98. The van der Waals surface area contributed by atoms with Crippen LogP contribution < -0.4 is 14.8 Å². The van der Waals surface area contributed by atoms with E-state index < -0.39 is 36.2 Å². The number of esters is 1. The Kier molecular flexibility index (Phi) is 6.70. The predicted molar refractivity (Wildman–Crippen MR) is 92.7 cm³/mol. The molecule has 2 aromatic carbocycles. The third-order valence-electron chi connectivity index (χ3n) is 3.73. The van der Waals surface area contributed by atoms with Crippen molar-refractivity contribution in [2.45, 2.75) is 13.0 Å². The van der Waals surface area contributed by atoms with Crippen LogP contribution in [0.25, 0.3) is 0 Å². The molecule has 0 aromatic heterocycles. The summed E-state index contributed by atoms with van der Waals surface area (Å²) in [6, 6.07) is 6.81. The maximum atomic E-state index is 13.7. The van der Waals surface area contributed by atoms with Crippen molar-refractivity contribution < 1.29 is 32.6 Å². The van der Waals surface area contributed by atoms with Gasteiger partial charge in [-0.15, -0.1) is 0 Å². The standard InChI is InChI=1S/C19H19F2NO5/c1-11(16-5-4-13(20)8-17(16)21)22-18(23)10-27-19(24)12-6-14(25-2)9-15(7-12)26-3/h4-9,11H,10H2,1-3H3,(H,22,23)/t11-/m0/s1. The fourth-order valence-electron chi connectivity index (χ4n) is 2.35. The summed E-state index contributed by atoms with van der Waals surface area (Å²) in [5.41, 5.74) is 0.269. The number of hydrogen-bond acceptors (Lipinski definition) is 5. The van der Waals surface area contributed by atoms with E-state index in [1.165, 1.54) is 39.3 Å². The lowest BCUT2D eigenvalue weighted by molar-refractivity contribution is -0.124. The summed E-state index contributed by atoms with van der Waals surface area (Å²) in [5.74, 6) is -2.07. The van der Waals surface area contributed by atoms with E-state index in [0.29, 0.717) is 11.5 Å². The molecule has 0 heterocycles. The fraction of sp³-hybridized carbons (Fsp3) is 0.263. The van der Waals surface area contributed by atoms with Gasteiger partial charge in [0.1, 0.15) is 23.1 Å². The van der Waals surface area contributed by atoms with Crippen LogP contribution in [0.15, 0.2) is 36.4 Å². The molecule has 0 aliphatic heterocycles. The Bertz CT molecular complexity index is 819.